The van der Waals surface area contributed by atoms with Crippen LogP contribution in [0.25, 0.3) is 0 Å². The van der Waals surface area contributed by atoms with Gasteiger partial charge in [-0.2, -0.15) is 0 Å². The van der Waals surface area contributed by atoms with E-state index in [2.05, 4.69) is 34.6 Å². The van der Waals surface area contributed by atoms with Crippen LogP contribution in [0.1, 0.15) is 86.0 Å². The maximum Gasteiger partial charge on any atom is 0.0704 e. The van der Waals surface area contributed by atoms with E-state index in [1.165, 1.54) is 38.5 Å². The van der Waals surface area contributed by atoms with Crippen LogP contribution in [0, 0.1) is 34.5 Å². The van der Waals surface area contributed by atoms with Crippen molar-refractivity contribution in [3.05, 3.63) is 0 Å². The topological polar surface area (TPSA) is 20.2 Å². The SMILES string of the molecule is C[C@@H]1CCC[C@@]2(C)CC[C@H]3[C@H](C)CC[C@@](O)(C[C@H]12)C3(C)C. The molecular weight excluding hydrogens is 256 g/mol. The van der Waals surface area contributed by atoms with E-state index >= 15 is 0 Å². The molecule has 1 N–H and O–H groups in total. The van der Waals surface area contributed by atoms with Crippen LogP contribution in [-0.2, 0) is 0 Å². The van der Waals surface area contributed by atoms with Crippen LogP contribution in [-0.4, -0.2) is 10.7 Å². The highest BCUT2D eigenvalue weighted by Crippen LogP contribution is 2.61. The van der Waals surface area contributed by atoms with E-state index in [1.54, 1.807) is 0 Å². The van der Waals surface area contributed by atoms with Gasteiger partial charge in [-0.1, -0.05) is 47.5 Å². The molecule has 0 aliphatic heterocycles. The Kier molecular flexibility index (Phi) is 3.76. The molecule has 0 saturated heterocycles. The summed E-state index contributed by atoms with van der Waals surface area (Å²) in [4.78, 5) is 0. The Labute approximate surface area is 131 Å². The first-order chi connectivity index (χ1) is 9.70. The van der Waals surface area contributed by atoms with Gasteiger partial charge in [0.25, 0.3) is 0 Å². The molecule has 0 heterocycles. The number of rotatable bonds is 0. The van der Waals surface area contributed by atoms with Gasteiger partial charge in [0.15, 0.2) is 0 Å². The molecule has 3 saturated carbocycles. The molecule has 3 aliphatic carbocycles. The monoisotopic (exact) mass is 292 g/mol. The van der Waals surface area contributed by atoms with Gasteiger partial charge in [-0.3, -0.25) is 0 Å². The van der Waals surface area contributed by atoms with Gasteiger partial charge >= 0.3 is 0 Å². The van der Waals surface area contributed by atoms with Crippen molar-refractivity contribution in [1.29, 1.82) is 0 Å². The zero-order chi connectivity index (χ0) is 15.5. The van der Waals surface area contributed by atoms with Crippen molar-refractivity contribution in [2.45, 2.75) is 91.6 Å². The van der Waals surface area contributed by atoms with Crippen LogP contribution in [0.2, 0.25) is 0 Å². The quantitative estimate of drug-likeness (QED) is 0.632. The smallest absolute Gasteiger partial charge is 0.0704 e. The Hall–Kier alpha value is -0.0400. The summed E-state index contributed by atoms with van der Waals surface area (Å²) in [7, 11) is 0. The van der Waals surface area contributed by atoms with Crippen molar-refractivity contribution in [2.24, 2.45) is 34.5 Å². The lowest BCUT2D eigenvalue weighted by Crippen LogP contribution is -2.58. The van der Waals surface area contributed by atoms with Crippen molar-refractivity contribution < 1.29 is 5.11 Å². The summed E-state index contributed by atoms with van der Waals surface area (Å²) >= 11 is 0. The maximum absolute atomic E-state index is 11.6. The fraction of sp³-hybridized carbons (Fsp3) is 1.00. The highest BCUT2D eigenvalue weighted by Gasteiger charge is 2.57. The van der Waals surface area contributed by atoms with E-state index in [4.69, 9.17) is 0 Å². The van der Waals surface area contributed by atoms with Gasteiger partial charge in [-0.25, -0.2) is 0 Å². The third-order valence-electron chi connectivity index (χ3n) is 8.40. The highest BCUT2D eigenvalue weighted by molar-refractivity contribution is 5.08. The van der Waals surface area contributed by atoms with Gasteiger partial charge in [0.05, 0.1) is 5.60 Å². The summed E-state index contributed by atoms with van der Waals surface area (Å²) in [6.07, 6.45) is 10.2. The minimum Gasteiger partial charge on any atom is -0.389 e. The molecule has 6 atom stereocenters. The Morgan fingerprint density at radius 2 is 1.48 bits per heavy atom. The van der Waals surface area contributed by atoms with Crippen LogP contribution in [0.4, 0.5) is 0 Å². The van der Waals surface area contributed by atoms with E-state index in [1.807, 2.05) is 0 Å². The summed E-state index contributed by atoms with van der Waals surface area (Å²) in [5, 5.41) is 11.6. The zero-order valence-electron chi connectivity index (χ0n) is 14.9. The number of aliphatic hydroxyl groups is 1. The zero-order valence-corrected chi connectivity index (χ0v) is 14.9. The second kappa shape index (κ2) is 4.98. The van der Waals surface area contributed by atoms with Gasteiger partial charge in [0.1, 0.15) is 0 Å². The van der Waals surface area contributed by atoms with Crippen LogP contribution in [0.15, 0.2) is 0 Å². The summed E-state index contributed by atoms with van der Waals surface area (Å²) in [5.74, 6) is 3.00. The van der Waals surface area contributed by atoms with Crippen molar-refractivity contribution in [3.63, 3.8) is 0 Å². The molecule has 3 aliphatic rings. The minimum absolute atomic E-state index is 0.0865. The molecule has 122 valence electrons. The molecule has 0 unspecified atom stereocenters. The fourth-order valence-electron chi connectivity index (χ4n) is 6.57. The standard InChI is InChI=1S/C20H36O/c1-14-7-6-10-19(5)11-9-16-15(2)8-12-20(21,13-17(14)19)18(16,3)4/h14-17,21H,6-13H2,1-5H3/t14-,15-,16+,17-,19+,20-/m1/s1. The first-order valence-electron chi connectivity index (χ1n) is 9.42. The van der Waals surface area contributed by atoms with Gasteiger partial charge in [0.2, 0.25) is 0 Å². The largest absolute Gasteiger partial charge is 0.389 e. The molecule has 0 aromatic heterocycles. The van der Waals surface area contributed by atoms with E-state index in [0.717, 1.165) is 30.6 Å². The summed E-state index contributed by atoms with van der Waals surface area (Å²) < 4.78 is 0. The molecule has 3 rings (SSSR count). The van der Waals surface area contributed by atoms with E-state index in [-0.39, 0.29) is 5.41 Å². The molecule has 3 fully saturated rings. The van der Waals surface area contributed by atoms with Crippen LogP contribution in [0.3, 0.4) is 0 Å². The molecule has 0 aromatic carbocycles. The Balaban J connectivity index is 1.98. The van der Waals surface area contributed by atoms with Crippen molar-refractivity contribution in [1.82, 2.24) is 0 Å². The molecule has 0 aromatic rings. The Morgan fingerprint density at radius 3 is 2.19 bits per heavy atom. The van der Waals surface area contributed by atoms with E-state index in [0.29, 0.717) is 11.3 Å². The predicted molar refractivity (Wildman–Crippen MR) is 89.1 cm³/mol. The molecule has 2 bridgehead atoms. The van der Waals surface area contributed by atoms with Gasteiger partial charge in [-0.15, -0.1) is 0 Å². The summed E-state index contributed by atoms with van der Waals surface area (Å²) in [6.45, 7) is 12.1. The average molecular weight is 293 g/mol. The second-order valence-corrected chi connectivity index (χ2v) is 9.75. The Bertz CT molecular complexity index is 401. The van der Waals surface area contributed by atoms with E-state index < -0.39 is 5.60 Å². The first-order valence-corrected chi connectivity index (χ1v) is 9.42. The highest BCUT2D eigenvalue weighted by atomic mass is 16.3. The Morgan fingerprint density at radius 1 is 0.810 bits per heavy atom. The summed E-state index contributed by atoms with van der Waals surface area (Å²) in [5.41, 5.74) is 0.142. The van der Waals surface area contributed by atoms with Crippen LogP contribution in [0.5, 0.6) is 0 Å². The van der Waals surface area contributed by atoms with Gasteiger partial charge < -0.3 is 5.11 Å². The number of hydrogen-bond donors (Lipinski definition) is 1. The van der Waals surface area contributed by atoms with Crippen LogP contribution >= 0.6 is 0 Å². The van der Waals surface area contributed by atoms with Crippen molar-refractivity contribution in [3.8, 4) is 0 Å². The van der Waals surface area contributed by atoms with Crippen LogP contribution < -0.4 is 0 Å². The molecule has 0 spiro atoms. The van der Waals surface area contributed by atoms with Crippen molar-refractivity contribution >= 4 is 0 Å². The molecule has 0 radical (unpaired) electrons. The second-order valence-electron chi connectivity index (χ2n) is 9.75. The van der Waals surface area contributed by atoms with Gasteiger partial charge in [-0.05, 0) is 73.0 Å². The predicted octanol–water partition coefficient (Wildman–Crippen LogP) is 5.42. The summed E-state index contributed by atoms with van der Waals surface area (Å²) in [6, 6.07) is 0. The third kappa shape index (κ3) is 2.30. The molecule has 1 nitrogen and oxygen atoms in total. The normalized spacial score (nSPS) is 53.4. The van der Waals surface area contributed by atoms with Crippen molar-refractivity contribution in [2.75, 3.05) is 0 Å². The maximum atomic E-state index is 11.6. The lowest BCUT2D eigenvalue weighted by molar-refractivity contribution is -0.185. The first kappa shape index (κ1) is 15.8. The lowest BCUT2D eigenvalue weighted by Gasteiger charge is -2.60. The molecule has 0 amide bonds. The third-order valence-corrected chi connectivity index (χ3v) is 8.40. The number of hydrogen-bond acceptors (Lipinski definition) is 1. The molecule has 21 heavy (non-hydrogen) atoms. The average Bonchev–Trinajstić information content (AvgIpc) is 2.39. The van der Waals surface area contributed by atoms with E-state index in [9.17, 15) is 5.11 Å². The molecular formula is C20H36O. The lowest BCUT2D eigenvalue weighted by atomic mass is 9.47. The fourth-order valence-corrected chi connectivity index (χ4v) is 6.57. The number of fused-ring (bicyclic) bond motifs is 3. The van der Waals surface area contributed by atoms with Gasteiger partial charge in [0, 0.05) is 0 Å². The minimum atomic E-state index is -0.428. The molecule has 1 heteroatoms.